The summed E-state index contributed by atoms with van der Waals surface area (Å²) in [6.07, 6.45) is 3.68. The first-order valence-electron chi connectivity index (χ1n) is 7.16. The fourth-order valence-electron chi connectivity index (χ4n) is 2.14. The summed E-state index contributed by atoms with van der Waals surface area (Å²) in [5.74, 6) is 0.974. The van der Waals surface area contributed by atoms with Crippen LogP contribution in [-0.2, 0) is 0 Å². The zero-order valence-corrected chi connectivity index (χ0v) is 12.2. The predicted molar refractivity (Wildman–Crippen MR) is 78.1 cm³/mol. The number of rotatable bonds is 8. The quantitative estimate of drug-likeness (QED) is 0.741. The first-order valence-corrected chi connectivity index (χ1v) is 7.16. The van der Waals surface area contributed by atoms with Gasteiger partial charge in [0.25, 0.3) is 0 Å². The van der Waals surface area contributed by atoms with E-state index in [0.29, 0.717) is 12.1 Å². The number of unbranched alkanes of at least 4 members (excludes halogenated alkanes) is 1. The molecule has 1 aromatic carbocycles. The second kappa shape index (κ2) is 8.15. The summed E-state index contributed by atoms with van der Waals surface area (Å²) < 4.78 is 5.58. The van der Waals surface area contributed by atoms with Gasteiger partial charge in [-0.15, -0.1) is 0 Å². The van der Waals surface area contributed by atoms with Crippen LogP contribution in [0, 0.1) is 0 Å². The summed E-state index contributed by atoms with van der Waals surface area (Å²) in [6, 6.07) is 9.41. The largest absolute Gasteiger partial charge is 0.494 e. The third-order valence-corrected chi connectivity index (χ3v) is 2.95. The standard InChI is InChI=1S/C16H27NO/c1-5-7-11-16(17-13(3)4)14-9-8-10-15(12-14)18-6-2/h8-10,12-13,16-17H,5-7,11H2,1-4H3. The van der Waals surface area contributed by atoms with Gasteiger partial charge in [0.1, 0.15) is 5.75 Å². The molecule has 18 heavy (non-hydrogen) atoms. The molecule has 1 unspecified atom stereocenters. The minimum absolute atomic E-state index is 0.436. The van der Waals surface area contributed by atoms with Crippen LogP contribution in [0.15, 0.2) is 24.3 Å². The fraction of sp³-hybridized carbons (Fsp3) is 0.625. The van der Waals surface area contributed by atoms with Gasteiger partial charge in [-0.25, -0.2) is 0 Å². The van der Waals surface area contributed by atoms with Crippen LogP contribution in [0.1, 0.15) is 58.6 Å². The lowest BCUT2D eigenvalue weighted by atomic mass is 10.00. The monoisotopic (exact) mass is 249 g/mol. The molecule has 0 aromatic heterocycles. The first-order chi connectivity index (χ1) is 8.67. The molecule has 1 rings (SSSR count). The van der Waals surface area contributed by atoms with Crippen molar-refractivity contribution in [3.05, 3.63) is 29.8 Å². The molecule has 1 atom stereocenters. The summed E-state index contributed by atoms with van der Waals surface area (Å²) in [7, 11) is 0. The molecule has 0 amide bonds. The van der Waals surface area contributed by atoms with Crippen LogP contribution in [0.5, 0.6) is 5.75 Å². The van der Waals surface area contributed by atoms with Crippen LogP contribution in [0.25, 0.3) is 0 Å². The first kappa shape index (κ1) is 15.0. The van der Waals surface area contributed by atoms with E-state index in [1.165, 1.54) is 24.8 Å². The Morgan fingerprint density at radius 1 is 1.22 bits per heavy atom. The van der Waals surface area contributed by atoms with Crippen LogP contribution in [0.4, 0.5) is 0 Å². The zero-order valence-electron chi connectivity index (χ0n) is 12.2. The Labute approximate surface area is 112 Å². The zero-order chi connectivity index (χ0) is 13.4. The Bertz CT molecular complexity index is 336. The minimum atomic E-state index is 0.436. The van der Waals surface area contributed by atoms with E-state index < -0.39 is 0 Å². The third kappa shape index (κ3) is 5.09. The average Bonchev–Trinajstić information content (AvgIpc) is 2.35. The van der Waals surface area contributed by atoms with E-state index >= 15 is 0 Å². The van der Waals surface area contributed by atoms with Crippen molar-refractivity contribution in [3.8, 4) is 5.75 Å². The summed E-state index contributed by atoms with van der Waals surface area (Å²) in [5, 5.41) is 3.64. The van der Waals surface area contributed by atoms with Gasteiger partial charge in [-0.2, -0.15) is 0 Å². The minimum Gasteiger partial charge on any atom is -0.494 e. The van der Waals surface area contributed by atoms with Crippen LogP contribution in [-0.4, -0.2) is 12.6 Å². The Morgan fingerprint density at radius 3 is 2.61 bits per heavy atom. The number of hydrogen-bond acceptors (Lipinski definition) is 2. The Balaban J connectivity index is 2.78. The molecule has 0 aliphatic carbocycles. The lowest BCUT2D eigenvalue weighted by Gasteiger charge is -2.22. The molecule has 0 saturated heterocycles. The van der Waals surface area contributed by atoms with Crippen molar-refractivity contribution < 1.29 is 4.74 Å². The summed E-state index contributed by atoms with van der Waals surface area (Å²) >= 11 is 0. The number of nitrogens with one attached hydrogen (secondary N) is 1. The molecule has 0 fully saturated rings. The maximum absolute atomic E-state index is 5.58. The molecular formula is C16H27NO. The molecule has 0 saturated carbocycles. The van der Waals surface area contributed by atoms with Gasteiger partial charge in [0.05, 0.1) is 6.61 Å². The van der Waals surface area contributed by atoms with Crippen molar-refractivity contribution in [3.63, 3.8) is 0 Å². The van der Waals surface area contributed by atoms with Crippen LogP contribution in [0.2, 0.25) is 0 Å². The van der Waals surface area contributed by atoms with Gasteiger partial charge in [-0.05, 0) is 31.0 Å². The number of ether oxygens (including phenoxy) is 1. The SMILES string of the molecule is CCCCC(NC(C)C)c1cccc(OCC)c1. The van der Waals surface area contributed by atoms with Gasteiger partial charge < -0.3 is 10.1 Å². The number of hydrogen-bond donors (Lipinski definition) is 1. The highest BCUT2D eigenvalue weighted by molar-refractivity contribution is 5.30. The molecular weight excluding hydrogens is 222 g/mol. The van der Waals surface area contributed by atoms with Gasteiger partial charge >= 0.3 is 0 Å². The molecule has 0 bridgehead atoms. The second-order valence-corrected chi connectivity index (χ2v) is 5.02. The van der Waals surface area contributed by atoms with E-state index in [2.05, 4.69) is 44.3 Å². The topological polar surface area (TPSA) is 21.3 Å². The van der Waals surface area contributed by atoms with Crippen molar-refractivity contribution in [2.45, 2.75) is 59.0 Å². The predicted octanol–water partition coefficient (Wildman–Crippen LogP) is 4.31. The summed E-state index contributed by atoms with van der Waals surface area (Å²) in [4.78, 5) is 0. The summed E-state index contributed by atoms with van der Waals surface area (Å²) in [6.45, 7) is 9.38. The highest BCUT2D eigenvalue weighted by Gasteiger charge is 2.12. The molecule has 0 aliphatic rings. The molecule has 2 heteroatoms. The lowest BCUT2D eigenvalue weighted by molar-refractivity contribution is 0.338. The van der Waals surface area contributed by atoms with Gasteiger partial charge in [0.2, 0.25) is 0 Å². The highest BCUT2D eigenvalue weighted by Crippen LogP contribution is 2.24. The highest BCUT2D eigenvalue weighted by atomic mass is 16.5. The van der Waals surface area contributed by atoms with E-state index in [-0.39, 0.29) is 0 Å². The van der Waals surface area contributed by atoms with Crippen molar-refractivity contribution in [1.82, 2.24) is 5.32 Å². The molecule has 0 heterocycles. The van der Waals surface area contributed by atoms with Crippen LogP contribution >= 0.6 is 0 Å². The maximum Gasteiger partial charge on any atom is 0.119 e. The van der Waals surface area contributed by atoms with Crippen molar-refractivity contribution in [1.29, 1.82) is 0 Å². The van der Waals surface area contributed by atoms with Crippen molar-refractivity contribution >= 4 is 0 Å². The lowest BCUT2D eigenvalue weighted by Crippen LogP contribution is -2.28. The molecule has 2 nitrogen and oxygen atoms in total. The molecule has 1 N–H and O–H groups in total. The smallest absolute Gasteiger partial charge is 0.119 e. The summed E-state index contributed by atoms with van der Waals surface area (Å²) in [5.41, 5.74) is 1.34. The fourth-order valence-corrected chi connectivity index (χ4v) is 2.14. The maximum atomic E-state index is 5.58. The Kier molecular flexibility index (Phi) is 6.81. The van der Waals surface area contributed by atoms with E-state index in [9.17, 15) is 0 Å². The normalized spacial score (nSPS) is 12.7. The van der Waals surface area contributed by atoms with Crippen LogP contribution < -0.4 is 10.1 Å². The van der Waals surface area contributed by atoms with Crippen LogP contribution in [0.3, 0.4) is 0 Å². The van der Waals surface area contributed by atoms with E-state index in [1.54, 1.807) is 0 Å². The van der Waals surface area contributed by atoms with Gasteiger partial charge in [-0.1, -0.05) is 45.7 Å². The van der Waals surface area contributed by atoms with E-state index in [0.717, 1.165) is 12.4 Å². The Morgan fingerprint density at radius 2 is 2.00 bits per heavy atom. The Hall–Kier alpha value is -1.02. The second-order valence-electron chi connectivity index (χ2n) is 5.02. The van der Waals surface area contributed by atoms with Gasteiger partial charge in [-0.3, -0.25) is 0 Å². The van der Waals surface area contributed by atoms with Gasteiger partial charge in [0, 0.05) is 12.1 Å². The molecule has 0 radical (unpaired) electrons. The van der Waals surface area contributed by atoms with Crippen molar-refractivity contribution in [2.24, 2.45) is 0 Å². The molecule has 0 aliphatic heterocycles. The molecule has 102 valence electrons. The average molecular weight is 249 g/mol. The third-order valence-electron chi connectivity index (χ3n) is 2.95. The number of benzene rings is 1. The molecule has 1 aromatic rings. The molecule has 0 spiro atoms. The van der Waals surface area contributed by atoms with E-state index in [1.807, 2.05) is 13.0 Å². The van der Waals surface area contributed by atoms with Gasteiger partial charge in [0.15, 0.2) is 0 Å². The van der Waals surface area contributed by atoms with E-state index in [4.69, 9.17) is 4.74 Å². The van der Waals surface area contributed by atoms with Crippen molar-refractivity contribution in [2.75, 3.05) is 6.61 Å².